The van der Waals surface area contributed by atoms with E-state index in [1.807, 2.05) is 105 Å². The van der Waals surface area contributed by atoms with Crippen LogP contribution in [0.1, 0.15) is 17.2 Å². The van der Waals surface area contributed by atoms with E-state index in [4.69, 9.17) is 0 Å². The Morgan fingerprint density at radius 1 is 0.800 bits per heavy atom. The molecule has 1 aliphatic rings. The molecule has 5 nitrogen and oxygen atoms in total. The van der Waals surface area contributed by atoms with E-state index < -0.39 is 6.04 Å². The third kappa shape index (κ3) is 3.66. The Labute approximate surface area is 177 Å². The van der Waals surface area contributed by atoms with E-state index in [0.29, 0.717) is 0 Å². The van der Waals surface area contributed by atoms with Crippen LogP contribution in [0, 0.1) is 6.92 Å². The van der Waals surface area contributed by atoms with Crippen molar-refractivity contribution in [3.8, 4) is 0 Å². The van der Waals surface area contributed by atoms with Crippen molar-refractivity contribution in [2.75, 3.05) is 35.3 Å². The number of anilines is 3. The number of hydrogen-bond donors (Lipinski definition) is 0. The Morgan fingerprint density at radius 2 is 1.43 bits per heavy atom. The quantitative estimate of drug-likeness (QED) is 0.661. The van der Waals surface area contributed by atoms with Gasteiger partial charge >= 0.3 is 0 Å². The molecule has 0 N–H and O–H groups in total. The normalized spacial score (nSPS) is 16.7. The van der Waals surface area contributed by atoms with Crippen molar-refractivity contribution in [2.45, 2.75) is 13.0 Å². The standard InChI is InChI=1S/C25H25N3O2/c1-18-9-13-21(14-10-18)27-17-23(29)28(22-7-5-4-6-8-22)24(25(27)30)19-11-15-20(16-12-19)26(2)3/h4-16,24H,17H2,1-3H3/t24-/m1/s1. The Balaban J connectivity index is 1.79. The largest absolute Gasteiger partial charge is 0.378 e. The van der Waals surface area contributed by atoms with Crippen LogP contribution in [-0.2, 0) is 9.59 Å². The van der Waals surface area contributed by atoms with Gasteiger partial charge in [0.1, 0.15) is 12.6 Å². The first-order valence-electron chi connectivity index (χ1n) is 9.98. The summed E-state index contributed by atoms with van der Waals surface area (Å²) >= 11 is 0. The molecule has 0 unspecified atom stereocenters. The molecule has 3 aromatic rings. The van der Waals surface area contributed by atoms with E-state index in [-0.39, 0.29) is 18.4 Å². The smallest absolute Gasteiger partial charge is 0.255 e. The SMILES string of the molecule is Cc1ccc(N2CC(=O)N(c3ccccc3)[C@H](c3ccc(N(C)C)cc3)C2=O)cc1. The van der Waals surface area contributed by atoms with Gasteiger partial charge in [-0.2, -0.15) is 0 Å². The lowest BCUT2D eigenvalue weighted by Crippen LogP contribution is -2.56. The zero-order valence-corrected chi connectivity index (χ0v) is 17.4. The topological polar surface area (TPSA) is 43.9 Å². The average molecular weight is 399 g/mol. The van der Waals surface area contributed by atoms with Gasteiger partial charge in [-0.25, -0.2) is 0 Å². The second kappa shape index (κ2) is 8.03. The highest BCUT2D eigenvalue weighted by Gasteiger charge is 2.41. The van der Waals surface area contributed by atoms with Gasteiger partial charge in [0.25, 0.3) is 5.91 Å². The van der Waals surface area contributed by atoms with Crippen LogP contribution in [0.2, 0.25) is 0 Å². The second-order valence-electron chi connectivity index (χ2n) is 7.75. The molecule has 152 valence electrons. The summed E-state index contributed by atoms with van der Waals surface area (Å²) in [6.45, 7) is 2.02. The summed E-state index contributed by atoms with van der Waals surface area (Å²) in [5.41, 5.74) is 4.40. The van der Waals surface area contributed by atoms with Crippen molar-refractivity contribution in [1.29, 1.82) is 0 Å². The minimum atomic E-state index is -0.717. The fourth-order valence-corrected chi connectivity index (χ4v) is 3.76. The van der Waals surface area contributed by atoms with E-state index in [1.165, 1.54) is 0 Å². The second-order valence-corrected chi connectivity index (χ2v) is 7.75. The third-order valence-electron chi connectivity index (χ3n) is 5.43. The molecule has 0 spiro atoms. The van der Waals surface area contributed by atoms with Gasteiger partial charge < -0.3 is 9.80 Å². The van der Waals surface area contributed by atoms with Gasteiger partial charge in [0.2, 0.25) is 5.91 Å². The van der Waals surface area contributed by atoms with Crippen molar-refractivity contribution < 1.29 is 9.59 Å². The molecule has 1 atom stereocenters. The maximum absolute atomic E-state index is 13.7. The monoisotopic (exact) mass is 399 g/mol. The maximum atomic E-state index is 13.7. The molecular formula is C25H25N3O2. The van der Waals surface area contributed by atoms with E-state index >= 15 is 0 Å². The maximum Gasteiger partial charge on any atom is 0.255 e. The predicted molar refractivity (Wildman–Crippen MR) is 121 cm³/mol. The Kier molecular flexibility index (Phi) is 5.27. The summed E-state index contributed by atoms with van der Waals surface area (Å²) in [5.74, 6) is -0.219. The number of hydrogen-bond acceptors (Lipinski definition) is 3. The Bertz CT molecular complexity index is 1040. The number of carbonyl (C=O) groups is 2. The lowest BCUT2D eigenvalue weighted by molar-refractivity contribution is -0.128. The minimum Gasteiger partial charge on any atom is -0.378 e. The van der Waals surface area contributed by atoms with Crippen molar-refractivity contribution in [3.05, 3.63) is 90.0 Å². The molecule has 1 saturated heterocycles. The van der Waals surface area contributed by atoms with E-state index in [9.17, 15) is 9.59 Å². The molecule has 1 heterocycles. The summed E-state index contributed by atoms with van der Waals surface area (Å²) in [7, 11) is 3.94. The minimum absolute atomic E-state index is 0.0169. The number of piperazine rings is 1. The Hall–Kier alpha value is -3.60. The fourth-order valence-electron chi connectivity index (χ4n) is 3.76. The van der Waals surface area contributed by atoms with Crippen LogP contribution in [0.25, 0.3) is 0 Å². The van der Waals surface area contributed by atoms with Crippen LogP contribution in [0.15, 0.2) is 78.9 Å². The van der Waals surface area contributed by atoms with Crippen molar-refractivity contribution in [3.63, 3.8) is 0 Å². The van der Waals surface area contributed by atoms with Gasteiger partial charge in [0, 0.05) is 31.2 Å². The zero-order chi connectivity index (χ0) is 21.3. The molecule has 4 rings (SSSR count). The number of para-hydroxylation sites is 1. The lowest BCUT2D eigenvalue weighted by atomic mass is 9.99. The molecule has 1 aliphatic heterocycles. The predicted octanol–water partition coefficient (Wildman–Crippen LogP) is 4.18. The molecule has 0 saturated carbocycles. The summed E-state index contributed by atoms with van der Waals surface area (Å²) in [6, 6.07) is 24.2. The molecule has 0 aliphatic carbocycles. The van der Waals surface area contributed by atoms with Gasteiger partial charge in [0.15, 0.2) is 0 Å². The first-order chi connectivity index (χ1) is 14.5. The van der Waals surface area contributed by atoms with E-state index in [0.717, 1.165) is 28.2 Å². The van der Waals surface area contributed by atoms with Crippen LogP contribution < -0.4 is 14.7 Å². The van der Waals surface area contributed by atoms with Gasteiger partial charge in [-0.3, -0.25) is 14.5 Å². The van der Waals surface area contributed by atoms with Crippen LogP contribution in [0.5, 0.6) is 0 Å². The molecule has 0 radical (unpaired) electrons. The van der Waals surface area contributed by atoms with E-state index in [1.54, 1.807) is 9.80 Å². The number of carbonyl (C=O) groups excluding carboxylic acids is 2. The van der Waals surface area contributed by atoms with Crippen molar-refractivity contribution in [1.82, 2.24) is 0 Å². The van der Waals surface area contributed by atoms with Crippen LogP contribution in [-0.4, -0.2) is 32.5 Å². The van der Waals surface area contributed by atoms with Crippen molar-refractivity contribution in [2.24, 2.45) is 0 Å². The van der Waals surface area contributed by atoms with Crippen molar-refractivity contribution >= 4 is 28.9 Å². The van der Waals surface area contributed by atoms with Crippen LogP contribution in [0.3, 0.4) is 0 Å². The highest BCUT2D eigenvalue weighted by atomic mass is 16.2. The molecule has 0 bridgehead atoms. The highest BCUT2D eigenvalue weighted by Crippen LogP contribution is 2.35. The molecule has 5 heteroatoms. The summed E-state index contributed by atoms with van der Waals surface area (Å²) in [5, 5.41) is 0. The fraction of sp³-hybridized carbons (Fsp3) is 0.200. The Morgan fingerprint density at radius 3 is 2.03 bits per heavy atom. The number of benzene rings is 3. The molecule has 3 aromatic carbocycles. The molecule has 2 amide bonds. The zero-order valence-electron chi connectivity index (χ0n) is 17.4. The van der Waals surface area contributed by atoms with Crippen LogP contribution in [0.4, 0.5) is 17.1 Å². The number of nitrogens with zero attached hydrogens (tertiary/aromatic N) is 3. The molecular weight excluding hydrogens is 374 g/mol. The average Bonchev–Trinajstić information content (AvgIpc) is 2.76. The number of rotatable bonds is 4. The lowest BCUT2D eigenvalue weighted by Gasteiger charge is -2.40. The van der Waals surface area contributed by atoms with Gasteiger partial charge in [-0.05, 0) is 48.9 Å². The number of amides is 2. The summed E-state index contributed by atoms with van der Waals surface area (Å²) < 4.78 is 0. The first kappa shape index (κ1) is 19.7. The third-order valence-corrected chi connectivity index (χ3v) is 5.43. The van der Waals surface area contributed by atoms with Gasteiger partial charge in [-0.1, -0.05) is 48.0 Å². The number of aryl methyl sites for hydroxylation is 1. The summed E-state index contributed by atoms with van der Waals surface area (Å²) in [4.78, 5) is 32.2. The molecule has 0 aromatic heterocycles. The highest BCUT2D eigenvalue weighted by molar-refractivity contribution is 6.14. The molecule has 30 heavy (non-hydrogen) atoms. The first-order valence-corrected chi connectivity index (χ1v) is 9.98. The van der Waals surface area contributed by atoms with Gasteiger partial charge in [-0.15, -0.1) is 0 Å². The molecule has 1 fully saturated rings. The van der Waals surface area contributed by atoms with E-state index in [2.05, 4.69) is 0 Å². The van der Waals surface area contributed by atoms with Gasteiger partial charge in [0.05, 0.1) is 0 Å². The van der Waals surface area contributed by atoms with Crippen LogP contribution >= 0.6 is 0 Å². The summed E-state index contributed by atoms with van der Waals surface area (Å²) in [6.07, 6.45) is 0.